The molecule has 1 aromatic rings. The predicted octanol–water partition coefficient (Wildman–Crippen LogP) is 2.35. The van der Waals surface area contributed by atoms with Crippen molar-refractivity contribution in [1.29, 1.82) is 0 Å². The first kappa shape index (κ1) is 12.3. The van der Waals surface area contributed by atoms with E-state index in [1.54, 1.807) is 32.2 Å². The minimum absolute atomic E-state index is 0.137. The predicted molar refractivity (Wildman–Crippen MR) is 62.1 cm³/mol. The van der Waals surface area contributed by atoms with Gasteiger partial charge in [-0.05, 0) is 24.6 Å². The zero-order chi connectivity index (χ0) is 11.4. The normalized spacial score (nSPS) is 12.3. The largest absolute Gasteiger partial charge is 0.291 e. The zero-order valence-electron chi connectivity index (χ0n) is 8.47. The number of hydrazine groups is 1. The molecule has 1 atom stereocenters. The number of halogens is 2. The SMILES string of the molecule is CNNC(=O)C(C)c1ccc(Cl)cc1Cl. The van der Waals surface area contributed by atoms with Gasteiger partial charge in [-0.2, -0.15) is 0 Å². The molecule has 0 bridgehead atoms. The van der Waals surface area contributed by atoms with Crippen LogP contribution in [0.1, 0.15) is 18.4 Å². The standard InChI is InChI=1S/C10H12Cl2N2O/c1-6(10(15)14-13-2)8-4-3-7(11)5-9(8)12/h3-6,13H,1-2H3,(H,14,15). The van der Waals surface area contributed by atoms with Crippen LogP contribution in [0.15, 0.2) is 18.2 Å². The van der Waals surface area contributed by atoms with E-state index in [1.807, 2.05) is 0 Å². The van der Waals surface area contributed by atoms with Crippen LogP contribution >= 0.6 is 23.2 Å². The van der Waals surface area contributed by atoms with Crippen molar-refractivity contribution in [2.24, 2.45) is 0 Å². The van der Waals surface area contributed by atoms with E-state index in [4.69, 9.17) is 23.2 Å². The summed E-state index contributed by atoms with van der Waals surface area (Å²) in [6.45, 7) is 1.78. The van der Waals surface area contributed by atoms with Gasteiger partial charge in [0.15, 0.2) is 0 Å². The summed E-state index contributed by atoms with van der Waals surface area (Å²) in [4.78, 5) is 11.5. The van der Waals surface area contributed by atoms with Crippen LogP contribution in [0.3, 0.4) is 0 Å². The van der Waals surface area contributed by atoms with Crippen molar-refractivity contribution in [3.8, 4) is 0 Å². The highest BCUT2D eigenvalue weighted by Crippen LogP contribution is 2.27. The van der Waals surface area contributed by atoms with Crippen molar-refractivity contribution in [2.45, 2.75) is 12.8 Å². The molecule has 15 heavy (non-hydrogen) atoms. The van der Waals surface area contributed by atoms with Gasteiger partial charge in [0.05, 0.1) is 5.92 Å². The van der Waals surface area contributed by atoms with E-state index in [0.717, 1.165) is 5.56 Å². The van der Waals surface area contributed by atoms with Crippen LogP contribution in [0.2, 0.25) is 10.0 Å². The van der Waals surface area contributed by atoms with Crippen molar-refractivity contribution in [3.05, 3.63) is 33.8 Å². The summed E-state index contributed by atoms with van der Waals surface area (Å²) in [5, 5.41) is 1.06. The van der Waals surface area contributed by atoms with Gasteiger partial charge in [-0.1, -0.05) is 29.3 Å². The first-order chi connectivity index (χ1) is 7.06. The van der Waals surface area contributed by atoms with Gasteiger partial charge >= 0.3 is 0 Å². The summed E-state index contributed by atoms with van der Waals surface area (Å²) in [7, 11) is 1.63. The Bertz CT molecular complexity index is 368. The summed E-state index contributed by atoms with van der Waals surface area (Å²) in [6.07, 6.45) is 0. The van der Waals surface area contributed by atoms with Crippen LogP contribution in [-0.2, 0) is 4.79 Å². The highest BCUT2D eigenvalue weighted by Gasteiger charge is 2.17. The van der Waals surface area contributed by atoms with Crippen LogP contribution in [0.25, 0.3) is 0 Å². The molecule has 0 fully saturated rings. The van der Waals surface area contributed by atoms with E-state index < -0.39 is 0 Å². The molecule has 1 amide bonds. The van der Waals surface area contributed by atoms with E-state index in [1.165, 1.54) is 0 Å². The fourth-order valence-corrected chi connectivity index (χ4v) is 1.80. The van der Waals surface area contributed by atoms with Crippen LogP contribution in [-0.4, -0.2) is 13.0 Å². The van der Waals surface area contributed by atoms with E-state index in [0.29, 0.717) is 10.0 Å². The first-order valence-corrected chi connectivity index (χ1v) is 5.23. The highest BCUT2D eigenvalue weighted by atomic mass is 35.5. The molecule has 82 valence electrons. The molecule has 1 unspecified atom stereocenters. The monoisotopic (exact) mass is 246 g/mol. The molecular weight excluding hydrogens is 235 g/mol. The molecule has 1 aromatic carbocycles. The molecule has 0 aliphatic rings. The first-order valence-electron chi connectivity index (χ1n) is 4.47. The number of hydrogen-bond acceptors (Lipinski definition) is 2. The fourth-order valence-electron chi connectivity index (χ4n) is 1.23. The van der Waals surface area contributed by atoms with Gasteiger partial charge in [0.1, 0.15) is 0 Å². The second kappa shape index (κ2) is 5.35. The molecule has 0 aromatic heterocycles. The van der Waals surface area contributed by atoms with E-state index >= 15 is 0 Å². The van der Waals surface area contributed by atoms with Gasteiger partial charge in [0.25, 0.3) is 0 Å². The molecule has 5 heteroatoms. The Kier molecular flexibility index (Phi) is 4.39. The van der Waals surface area contributed by atoms with E-state index in [2.05, 4.69) is 10.9 Å². The van der Waals surface area contributed by atoms with Crippen LogP contribution in [0.5, 0.6) is 0 Å². The van der Waals surface area contributed by atoms with Gasteiger partial charge in [-0.15, -0.1) is 0 Å². The third-order valence-corrected chi connectivity index (χ3v) is 2.63. The number of carbonyl (C=O) groups excluding carboxylic acids is 1. The van der Waals surface area contributed by atoms with Crippen LogP contribution in [0.4, 0.5) is 0 Å². The van der Waals surface area contributed by atoms with Gasteiger partial charge in [-0.3, -0.25) is 10.2 Å². The molecule has 0 saturated heterocycles. The quantitative estimate of drug-likeness (QED) is 0.805. The lowest BCUT2D eigenvalue weighted by molar-refractivity contribution is -0.123. The Labute approximate surface area is 98.7 Å². The van der Waals surface area contributed by atoms with Crippen LogP contribution < -0.4 is 10.9 Å². The second-order valence-electron chi connectivity index (χ2n) is 3.13. The van der Waals surface area contributed by atoms with E-state index in [9.17, 15) is 4.79 Å². The van der Waals surface area contributed by atoms with Gasteiger partial charge < -0.3 is 0 Å². The molecule has 0 aliphatic carbocycles. The van der Waals surface area contributed by atoms with Crippen molar-refractivity contribution in [2.75, 3.05) is 7.05 Å². The minimum Gasteiger partial charge on any atom is -0.291 e. The summed E-state index contributed by atoms with van der Waals surface area (Å²) < 4.78 is 0. The molecule has 0 aliphatic heterocycles. The number of rotatable bonds is 3. The second-order valence-corrected chi connectivity index (χ2v) is 3.97. The number of benzene rings is 1. The van der Waals surface area contributed by atoms with Gasteiger partial charge in [0.2, 0.25) is 5.91 Å². The summed E-state index contributed by atoms with van der Waals surface area (Å²) in [6, 6.07) is 5.10. The third-order valence-electron chi connectivity index (χ3n) is 2.07. The zero-order valence-corrected chi connectivity index (χ0v) is 9.99. The lowest BCUT2D eigenvalue weighted by Gasteiger charge is -2.13. The maximum absolute atomic E-state index is 11.5. The maximum atomic E-state index is 11.5. The molecule has 0 spiro atoms. The third kappa shape index (κ3) is 3.09. The van der Waals surface area contributed by atoms with Crippen LogP contribution in [0, 0.1) is 0 Å². The molecule has 2 N–H and O–H groups in total. The molecule has 3 nitrogen and oxygen atoms in total. The number of nitrogens with one attached hydrogen (secondary N) is 2. The summed E-state index contributed by atoms with van der Waals surface area (Å²) in [5.41, 5.74) is 5.84. The maximum Gasteiger partial charge on any atom is 0.241 e. The van der Waals surface area contributed by atoms with Crippen molar-refractivity contribution < 1.29 is 4.79 Å². The smallest absolute Gasteiger partial charge is 0.241 e. The van der Waals surface area contributed by atoms with Crippen molar-refractivity contribution >= 4 is 29.1 Å². The van der Waals surface area contributed by atoms with Crippen molar-refractivity contribution in [1.82, 2.24) is 10.9 Å². The minimum atomic E-state index is -0.317. The molecular formula is C10H12Cl2N2O. The topological polar surface area (TPSA) is 41.1 Å². The average Bonchev–Trinajstić information content (AvgIpc) is 2.17. The molecule has 0 radical (unpaired) electrons. The highest BCUT2D eigenvalue weighted by molar-refractivity contribution is 6.35. The fraction of sp³-hybridized carbons (Fsp3) is 0.300. The summed E-state index contributed by atoms with van der Waals surface area (Å²) in [5.74, 6) is -0.455. The van der Waals surface area contributed by atoms with E-state index in [-0.39, 0.29) is 11.8 Å². The Morgan fingerprint density at radius 1 is 1.40 bits per heavy atom. The number of amides is 1. The Morgan fingerprint density at radius 3 is 2.60 bits per heavy atom. The number of hydrogen-bond donors (Lipinski definition) is 2. The van der Waals surface area contributed by atoms with Gasteiger partial charge in [0, 0.05) is 17.1 Å². The average molecular weight is 247 g/mol. The Balaban J connectivity index is 2.91. The lowest BCUT2D eigenvalue weighted by Crippen LogP contribution is -2.37. The molecule has 0 saturated carbocycles. The number of carbonyl (C=O) groups is 1. The Morgan fingerprint density at radius 2 is 2.07 bits per heavy atom. The van der Waals surface area contributed by atoms with Gasteiger partial charge in [-0.25, -0.2) is 5.43 Å². The lowest BCUT2D eigenvalue weighted by atomic mass is 10.0. The molecule has 1 rings (SSSR count). The summed E-state index contributed by atoms with van der Waals surface area (Å²) >= 11 is 11.7. The Hall–Kier alpha value is -0.770. The van der Waals surface area contributed by atoms with Crippen molar-refractivity contribution in [3.63, 3.8) is 0 Å². The molecule has 0 heterocycles.